The summed E-state index contributed by atoms with van der Waals surface area (Å²) in [6.45, 7) is -0.168. The van der Waals surface area contributed by atoms with E-state index in [1.54, 1.807) is 12.1 Å². The van der Waals surface area contributed by atoms with Crippen molar-refractivity contribution in [3.05, 3.63) is 29.1 Å². The molecule has 0 bridgehead atoms. The van der Waals surface area contributed by atoms with Gasteiger partial charge in [-0.2, -0.15) is 8.42 Å². The molecule has 1 amide bonds. The second-order valence-electron chi connectivity index (χ2n) is 3.63. The largest absolute Gasteiger partial charge is 0.465 e. The van der Waals surface area contributed by atoms with E-state index in [1.807, 2.05) is 0 Å². The molecule has 1 aliphatic heterocycles. The van der Waals surface area contributed by atoms with Gasteiger partial charge >= 0.3 is 0 Å². The number of hydrogen-bond donors (Lipinski definition) is 1. The summed E-state index contributed by atoms with van der Waals surface area (Å²) in [4.78, 5) is 13.5. The number of furan rings is 1. The molecule has 19 heavy (non-hydrogen) atoms. The fraction of sp³-hybridized carbons (Fsp3) is 0.200. The number of thiocarbonyl (C=S) groups is 1. The molecule has 1 saturated heterocycles. The third-order valence-electron chi connectivity index (χ3n) is 2.26. The quantitative estimate of drug-likeness (QED) is 0.509. The average molecular weight is 319 g/mol. The Morgan fingerprint density at radius 3 is 2.84 bits per heavy atom. The number of amides is 1. The first kappa shape index (κ1) is 14.3. The van der Waals surface area contributed by atoms with Gasteiger partial charge in [0.1, 0.15) is 10.1 Å². The first-order valence-electron chi connectivity index (χ1n) is 5.11. The third-order valence-corrected chi connectivity index (χ3v) is 4.34. The molecule has 102 valence electrons. The van der Waals surface area contributed by atoms with E-state index in [2.05, 4.69) is 0 Å². The summed E-state index contributed by atoms with van der Waals surface area (Å²) in [7, 11) is -4.13. The van der Waals surface area contributed by atoms with Crippen molar-refractivity contribution in [1.82, 2.24) is 4.90 Å². The van der Waals surface area contributed by atoms with E-state index < -0.39 is 21.8 Å². The van der Waals surface area contributed by atoms with Crippen LogP contribution in [0, 0.1) is 0 Å². The molecule has 1 aromatic rings. The normalized spacial score (nSPS) is 18.6. The standard InChI is InChI=1S/C10H9NO5S3/c12-9-8(6-7-2-1-4-16-7)18-10(17)11(9)3-5-19(13,14)15/h1-2,4,6H,3,5H2,(H,13,14,15). The Labute approximate surface area is 119 Å². The highest BCUT2D eigenvalue weighted by Crippen LogP contribution is 2.32. The molecule has 2 heterocycles. The predicted molar refractivity (Wildman–Crippen MR) is 75.0 cm³/mol. The van der Waals surface area contributed by atoms with Crippen LogP contribution < -0.4 is 0 Å². The zero-order valence-electron chi connectivity index (χ0n) is 9.48. The summed E-state index contributed by atoms with van der Waals surface area (Å²) < 4.78 is 35.4. The highest BCUT2D eigenvalue weighted by Gasteiger charge is 2.32. The van der Waals surface area contributed by atoms with Crippen LogP contribution in [0.4, 0.5) is 0 Å². The Morgan fingerprint density at radius 1 is 1.53 bits per heavy atom. The smallest absolute Gasteiger partial charge is 0.266 e. The molecule has 0 radical (unpaired) electrons. The lowest BCUT2D eigenvalue weighted by Crippen LogP contribution is -2.32. The van der Waals surface area contributed by atoms with Gasteiger partial charge in [-0.15, -0.1) is 0 Å². The van der Waals surface area contributed by atoms with Crippen LogP contribution in [-0.4, -0.2) is 40.4 Å². The second kappa shape index (κ2) is 5.45. The number of rotatable bonds is 4. The minimum Gasteiger partial charge on any atom is -0.465 e. The SMILES string of the molecule is O=C1C(=Cc2ccco2)SC(=S)N1CCS(=O)(=O)O. The monoisotopic (exact) mass is 319 g/mol. The fourth-order valence-corrected chi connectivity index (χ4v) is 3.10. The summed E-state index contributed by atoms with van der Waals surface area (Å²) >= 11 is 6.06. The molecule has 6 nitrogen and oxygen atoms in total. The van der Waals surface area contributed by atoms with Crippen LogP contribution in [0.15, 0.2) is 27.7 Å². The Balaban J connectivity index is 2.13. The molecule has 1 aliphatic rings. The van der Waals surface area contributed by atoms with Crippen molar-refractivity contribution in [3.63, 3.8) is 0 Å². The van der Waals surface area contributed by atoms with Crippen LogP contribution in [0.25, 0.3) is 6.08 Å². The molecule has 0 spiro atoms. The maximum atomic E-state index is 12.0. The molecule has 0 unspecified atom stereocenters. The summed E-state index contributed by atoms with van der Waals surface area (Å²) in [5, 5.41) is 0. The summed E-state index contributed by atoms with van der Waals surface area (Å²) in [5.74, 6) is -0.432. The maximum absolute atomic E-state index is 12.0. The Kier molecular flexibility index (Phi) is 4.09. The highest BCUT2D eigenvalue weighted by molar-refractivity contribution is 8.26. The lowest BCUT2D eigenvalue weighted by Gasteiger charge is -2.12. The first-order valence-corrected chi connectivity index (χ1v) is 7.94. The molecule has 0 aliphatic carbocycles. The summed E-state index contributed by atoms with van der Waals surface area (Å²) in [6, 6.07) is 3.37. The van der Waals surface area contributed by atoms with Crippen molar-refractivity contribution in [2.75, 3.05) is 12.3 Å². The third kappa shape index (κ3) is 3.66. The second-order valence-corrected chi connectivity index (χ2v) is 6.88. The topological polar surface area (TPSA) is 87.8 Å². The van der Waals surface area contributed by atoms with Crippen LogP contribution in [0.1, 0.15) is 5.76 Å². The minimum atomic E-state index is -4.13. The molecule has 1 fully saturated rings. The number of thioether (sulfide) groups is 1. The van der Waals surface area contributed by atoms with Gasteiger partial charge in [-0.1, -0.05) is 24.0 Å². The number of hydrogen-bond acceptors (Lipinski definition) is 6. The molecule has 2 rings (SSSR count). The number of nitrogens with zero attached hydrogens (tertiary/aromatic N) is 1. The van der Waals surface area contributed by atoms with Crippen LogP contribution in [-0.2, 0) is 14.9 Å². The van der Waals surface area contributed by atoms with Crippen LogP contribution in [0.5, 0.6) is 0 Å². The molecule has 1 aromatic heterocycles. The van der Waals surface area contributed by atoms with E-state index in [4.69, 9.17) is 21.2 Å². The molecule has 9 heteroatoms. The Morgan fingerprint density at radius 2 is 2.26 bits per heavy atom. The number of carbonyl (C=O) groups excluding carboxylic acids is 1. The highest BCUT2D eigenvalue weighted by atomic mass is 32.2. The van der Waals surface area contributed by atoms with Gasteiger partial charge in [0.2, 0.25) is 0 Å². The van der Waals surface area contributed by atoms with Gasteiger partial charge in [0.25, 0.3) is 16.0 Å². The van der Waals surface area contributed by atoms with Crippen LogP contribution >= 0.6 is 24.0 Å². The van der Waals surface area contributed by atoms with Gasteiger partial charge in [-0.25, -0.2) is 0 Å². The van der Waals surface area contributed by atoms with Crippen molar-refractivity contribution in [3.8, 4) is 0 Å². The summed E-state index contributed by atoms with van der Waals surface area (Å²) in [5.41, 5.74) is 0. The van der Waals surface area contributed by atoms with E-state index in [-0.39, 0.29) is 10.9 Å². The van der Waals surface area contributed by atoms with Crippen molar-refractivity contribution < 1.29 is 22.2 Å². The Hall–Kier alpha value is -1.16. The molecule has 0 aromatic carbocycles. The molecular formula is C10H9NO5S3. The van der Waals surface area contributed by atoms with E-state index in [0.717, 1.165) is 16.7 Å². The zero-order chi connectivity index (χ0) is 14.0. The lowest BCUT2D eigenvalue weighted by molar-refractivity contribution is -0.121. The molecule has 0 atom stereocenters. The van der Waals surface area contributed by atoms with Gasteiger partial charge in [0.05, 0.1) is 16.9 Å². The predicted octanol–water partition coefficient (Wildman–Crippen LogP) is 1.37. The molecule has 1 N–H and O–H groups in total. The number of carbonyl (C=O) groups is 1. The molecule has 0 saturated carbocycles. The van der Waals surface area contributed by atoms with E-state index in [1.165, 1.54) is 12.3 Å². The average Bonchev–Trinajstić information content (AvgIpc) is 2.87. The van der Waals surface area contributed by atoms with Gasteiger partial charge in [-0.05, 0) is 12.1 Å². The fourth-order valence-electron chi connectivity index (χ4n) is 1.40. The van der Waals surface area contributed by atoms with Crippen molar-refractivity contribution in [2.45, 2.75) is 0 Å². The van der Waals surface area contributed by atoms with E-state index >= 15 is 0 Å². The van der Waals surface area contributed by atoms with Gasteiger partial charge in [0.15, 0.2) is 0 Å². The van der Waals surface area contributed by atoms with Crippen molar-refractivity contribution in [1.29, 1.82) is 0 Å². The van der Waals surface area contributed by atoms with Crippen LogP contribution in [0.2, 0.25) is 0 Å². The molecular weight excluding hydrogens is 310 g/mol. The van der Waals surface area contributed by atoms with Gasteiger partial charge in [-0.3, -0.25) is 14.2 Å². The van der Waals surface area contributed by atoms with Crippen molar-refractivity contribution in [2.24, 2.45) is 0 Å². The first-order chi connectivity index (χ1) is 8.87. The van der Waals surface area contributed by atoms with Crippen molar-refractivity contribution >= 4 is 50.4 Å². The van der Waals surface area contributed by atoms with Gasteiger partial charge in [0, 0.05) is 12.6 Å². The van der Waals surface area contributed by atoms with E-state index in [0.29, 0.717) is 10.7 Å². The van der Waals surface area contributed by atoms with Gasteiger partial charge < -0.3 is 4.42 Å². The Bertz CT molecular complexity index is 632. The minimum absolute atomic E-state index is 0.168. The van der Waals surface area contributed by atoms with E-state index in [9.17, 15) is 13.2 Å². The van der Waals surface area contributed by atoms with Crippen LogP contribution in [0.3, 0.4) is 0 Å². The zero-order valence-corrected chi connectivity index (χ0v) is 11.9. The maximum Gasteiger partial charge on any atom is 0.266 e. The lowest BCUT2D eigenvalue weighted by atomic mass is 10.3. The summed E-state index contributed by atoms with van der Waals surface area (Å²) in [6.07, 6.45) is 3.01.